The van der Waals surface area contributed by atoms with Crippen LogP contribution >= 0.6 is 0 Å². The number of rotatable bonds is 3. The van der Waals surface area contributed by atoms with Crippen LogP contribution in [-0.2, 0) is 0 Å². The Morgan fingerprint density at radius 3 is 1.64 bits per heavy atom. The van der Waals surface area contributed by atoms with Gasteiger partial charge in [0.15, 0.2) is 0 Å². The minimum atomic E-state index is 0.490. The third-order valence-corrected chi connectivity index (χ3v) is 2.52. The summed E-state index contributed by atoms with van der Waals surface area (Å²) in [6.07, 6.45) is 2.70. The molecule has 0 aliphatic heterocycles. The fraction of sp³-hybridized carbons (Fsp3) is 1.00. The maximum Gasteiger partial charge on any atom is -0.0342 e. The molecule has 0 rings (SSSR count). The molecule has 68 valence electrons. The molecule has 0 aromatic rings. The van der Waals surface area contributed by atoms with Gasteiger partial charge in [-0.15, -0.1) is 0 Å². The molecule has 0 N–H and O–H groups in total. The standard InChI is InChI=1S/C11H24/c1-7-8-10(9(2)3)11(4,5)6/h9-10H,7-8H2,1-6H3/t10-/m0/s1. The Morgan fingerprint density at radius 2 is 1.55 bits per heavy atom. The van der Waals surface area contributed by atoms with Crippen LogP contribution in [0.25, 0.3) is 0 Å². The highest BCUT2D eigenvalue weighted by molar-refractivity contribution is 4.75. The van der Waals surface area contributed by atoms with Crippen LogP contribution in [0.4, 0.5) is 0 Å². The van der Waals surface area contributed by atoms with Gasteiger partial charge in [0.25, 0.3) is 0 Å². The molecular weight excluding hydrogens is 132 g/mol. The molecule has 1 atom stereocenters. The molecule has 0 heterocycles. The Morgan fingerprint density at radius 1 is 1.09 bits per heavy atom. The minimum absolute atomic E-state index is 0.490. The third kappa shape index (κ3) is 3.79. The topological polar surface area (TPSA) is 0 Å². The molecule has 0 spiro atoms. The summed E-state index contributed by atoms with van der Waals surface area (Å²) in [5, 5.41) is 0. The van der Waals surface area contributed by atoms with Crippen molar-refractivity contribution in [3.05, 3.63) is 0 Å². The lowest BCUT2D eigenvalue weighted by atomic mass is 9.72. The zero-order valence-corrected chi connectivity index (χ0v) is 9.07. The van der Waals surface area contributed by atoms with E-state index in [0.29, 0.717) is 5.41 Å². The van der Waals surface area contributed by atoms with Crippen molar-refractivity contribution in [2.24, 2.45) is 17.3 Å². The van der Waals surface area contributed by atoms with E-state index < -0.39 is 0 Å². The molecule has 0 saturated carbocycles. The highest BCUT2D eigenvalue weighted by atomic mass is 14.3. The fourth-order valence-corrected chi connectivity index (χ4v) is 2.08. The average Bonchev–Trinajstić information content (AvgIpc) is 1.79. The Labute approximate surface area is 72.4 Å². The van der Waals surface area contributed by atoms with E-state index >= 15 is 0 Å². The molecule has 0 heteroatoms. The summed E-state index contributed by atoms with van der Waals surface area (Å²) in [5.74, 6) is 1.71. The Kier molecular flexibility index (Phi) is 4.13. The Balaban J connectivity index is 4.10. The van der Waals surface area contributed by atoms with E-state index in [1.54, 1.807) is 0 Å². The van der Waals surface area contributed by atoms with Crippen molar-refractivity contribution in [3.63, 3.8) is 0 Å². The molecule has 0 nitrogen and oxygen atoms in total. The van der Waals surface area contributed by atoms with Gasteiger partial charge < -0.3 is 0 Å². The van der Waals surface area contributed by atoms with Crippen LogP contribution in [0.1, 0.15) is 54.4 Å². The molecule has 0 amide bonds. The predicted molar refractivity (Wildman–Crippen MR) is 52.7 cm³/mol. The van der Waals surface area contributed by atoms with Crippen LogP contribution in [-0.4, -0.2) is 0 Å². The second-order valence-corrected chi connectivity index (χ2v) is 5.01. The molecule has 0 saturated heterocycles. The molecule has 0 aromatic carbocycles. The average molecular weight is 156 g/mol. The molecule has 0 aliphatic rings. The summed E-state index contributed by atoms with van der Waals surface area (Å²) in [6.45, 7) is 14.0. The third-order valence-electron chi connectivity index (χ3n) is 2.52. The van der Waals surface area contributed by atoms with Gasteiger partial charge in [-0.3, -0.25) is 0 Å². The quantitative estimate of drug-likeness (QED) is 0.577. The van der Waals surface area contributed by atoms with Crippen molar-refractivity contribution in [1.82, 2.24) is 0 Å². The Bertz CT molecular complexity index is 95.1. The van der Waals surface area contributed by atoms with E-state index in [2.05, 4.69) is 41.5 Å². The Hall–Kier alpha value is 0. The van der Waals surface area contributed by atoms with E-state index in [9.17, 15) is 0 Å². The molecule has 0 bridgehead atoms. The first kappa shape index (κ1) is 11.0. The molecule has 0 radical (unpaired) electrons. The molecule has 11 heavy (non-hydrogen) atoms. The zero-order valence-electron chi connectivity index (χ0n) is 9.07. The minimum Gasteiger partial charge on any atom is -0.0654 e. The van der Waals surface area contributed by atoms with Gasteiger partial charge in [-0.1, -0.05) is 48.0 Å². The molecule has 0 aromatic heterocycles. The monoisotopic (exact) mass is 156 g/mol. The highest BCUT2D eigenvalue weighted by Crippen LogP contribution is 2.35. The zero-order chi connectivity index (χ0) is 9.07. The number of hydrogen-bond acceptors (Lipinski definition) is 0. The second kappa shape index (κ2) is 4.13. The van der Waals surface area contributed by atoms with Crippen molar-refractivity contribution in [3.8, 4) is 0 Å². The van der Waals surface area contributed by atoms with Crippen LogP contribution < -0.4 is 0 Å². The van der Waals surface area contributed by atoms with Crippen molar-refractivity contribution < 1.29 is 0 Å². The van der Waals surface area contributed by atoms with Crippen LogP contribution in [0.2, 0.25) is 0 Å². The summed E-state index contributed by atoms with van der Waals surface area (Å²) >= 11 is 0. The van der Waals surface area contributed by atoms with Crippen molar-refractivity contribution in [1.29, 1.82) is 0 Å². The highest BCUT2D eigenvalue weighted by Gasteiger charge is 2.25. The molecular formula is C11H24. The molecule has 0 aliphatic carbocycles. The predicted octanol–water partition coefficient (Wildman–Crippen LogP) is 4.10. The van der Waals surface area contributed by atoms with E-state index in [-0.39, 0.29) is 0 Å². The molecule has 0 unspecified atom stereocenters. The first-order chi connectivity index (χ1) is 4.89. The van der Waals surface area contributed by atoms with Crippen LogP contribution in [0.15, 0.2) is 0 Å². The van der Waals surface area contributed by atoms with Crippen molar-refractivity contribution in [2.45, 2.75) is 54.4 Å². The first-order valence-electron chi connectivity index (χ1n) is 4.89. The van der Waals surface area contributed by atoms with Gasteiger partial charge in [0.2, 0.25) is 0 Å². The van der Waals surface area contributed by atoms with Gasteiger partial charge in [0, 0.05) is 0 Å². The van der Waals surface area contributed by atoms with Gasteiger partial charge in [0.05, 0.1) is 0 Å². The van der Waals surface area contributed by atoms with E-state index in [4.69, 9.17) is 0 Å². The van der Waals surface area contributed by atoms with E-state index in [1.807, 2.05) is 0 Å². The lowest BCUT2D eigenvalue weighted by molar-refractivity contribution is 0.165. The summed E-state index contributed by atoms with van der Waals surface area (Å²) < 4.78 is 0. The fourth-order valence-electron chi connectivity index (χ4n) is 2.08. The lowest BCUT2D eigenvalue weighted by Gasteiger charge is -2.33. The largest absolute Gasteiger partial charge is 0.0654 e. The van der Waals surface area contributed by atoms with Gasteiger partial charge in [-0.05, 0) is 23.7 Å². The van der Waals surface area contributed by atoms with Crippen LogP contribution in [0.5, 0.6) is 0 Å². The summed E-state index contributed by atoms with van der Waals surface area (Å²) in [5.41, 5.74) is 0.490. The second-order valence-electron chi connectivity index (χ2n) is 5.01. The van der Waals surface area contributed by atoms with Crippen molar-refractivity contribution in [2.75, 3.05) is 0 Å². The first-order valence-corrected chi connectivity index (χ1v) is 4.89. The van der Waals surface area contributed by atoms with Crippen LogP contribution in [0, 0.1) is 17.3 Å². The van der Waals surface area contributed by atoms with Gasteiger partial charge in [-0.2, -0.15) is 0 Å². The van der Waals surface area contributed by atoms with Crippen LogP contribution in [0.3, 0.4) is 0 Å². The SMILES string of the molecule is CCC[C@@H](C(C)C)C(C)(C)C. The summed E-state index contributed by atoms with van der Waals surface area (Å²) in [6, 6.07) is 0. The van der Waals surface area contributed by atoms with Gasteiger partial charge in [-0.25, -0.2) is 0 Å². The molecule has 0 fully saturated rings. The normalized spacial score (nSPS) is 15.5. The number of hydrogen-bond donors (Lipinski definition) is 0. The maximum absolute atomic E-state index is 2.35. The smallest absolute Gasteiger partial charge is 0.0342 e. The summed E-state index contributed by atoms with van der Waals surface area (Å²) in [7, 11) is 0. The van der Waals surface area contributed by atoms with Gasteiger partial charge in [0.1, 0.15) is 0 Å². The van der Waals surface area contributed by atoms with E-state index in [0.717, 1.165) is 11.8 Å². The maximum atomic E-state index is 2.35. The van der Waals surface area contributed by atoms with Crippen molar-refractivity contribution >= 4 is 0 Å². The summed E-state index contributed by atoms with van der Waals surface area (Å²) in [4.78, 5) is 0. The van der Waals surface area contributed by atoms with Gasteiger partial charge >= 0.3 is 0 Å². The lowest BCUT2D eigenvalue weighted by Crippen LogP contribution is -2.25. The van der Waals surface area contributed by atoms with E-state index in [1.165, 1.54) is 12.8 Å².